The molecule has 0 spiro atoms. The van der Waals surface area contributed by atoms with Crippen molar-refractivity contribution in [2.45, 2.75) is 18.6 Å². The van der Waals surface area contributed by atoms with Gasteiger partial charge in [0.1, 0.15) is 5.75 Å². The molecular weight excluding hydrogens is 261 g/mol. The minimum atomic E-state index is -4.63. The highest BCUT2D eigenvalue weighted by atomic mass is 79.9. The molecule has 0 radical (unpaired) electrons. The number of benzene rings is 1. The number of aryl methyl sites for hydroxylation is 1. The lowest BCUT2D eigenvalue weighted by Gasteiger charge is -2.13. The summed E-state index contributed by atoms with van der Waals surface area (Å²) >= 11 is 3.12. The Bertz CT molecular complexity index is 322. The first-order chi connectivity index (χ1) is 6.44. The number of alkyl halides is 4. The molecule has 1 nitrogen and oxygen atoms in total. The largest absolute Gasteiger partial charge is 0.573 e. The number of hydrogen-bond donors (Lipinski definition) is 0. The van der Waals surface area contributed by atoms with Crippen molar-refractivity contribution in [3.63, 3.8) is 0 Å². The third-order valence-corrected chi connectivity index (χ3v) is 2.29. The van der Waals surface area contributed by atoms with Gasteiger partial charge < -0.3 is 4.74 Å². The first-order valence-corrected chi connectivity index (χ1v) is 4.96. The van der Waals surface area contributed by atoms with Crippen LogP contribution in [0.4, 0.5) is 13.2 Å². The van der Waals surface area contributed by atoms with Crippen LogP contribution in [0.5, 0.6) is 5.75 Å². The molecule has 0 aromatic heterocycles. The standard InChI is InChI=1S/C9H8BrF3O/c1-6-3-2-4-8(7(6)5-10)14-9(11,12)13/h2-4H,5H2,1H3. The van der Waals surface area contributed by atoms with Gasteiger partial charge in [-0.05, 0) is 18.6 Å². The molecule has 5 heteroatoms. The molecule has 78 valence electrons. The second kappa shape index (κ2) is 4.21. The van der Waals surface area contributed by atoms with E-state index in [1.807, 2.05) is 0 Å². The van der Waals surface area contributed by atoms with Crippen LogP contribution in [0.3, 0.4) is 0 Å². The molecule has 0 heterocycles. The van der Waals surface area contributed by atoms with E-state index in [-0.39, 0.29) is 5.75 Å². The van der Waals surface area contributed by atoms with E-state index in [4.69, 9.17) is 0 Å². The second-order valence-electron chi connectivity index (χ2n) is 2.73. The van der Waals surface area contributed by atoms with Crippen molar-refractivity contribution in [1.29, 1.82) is 0 Å². The van der Waals surface area contributed by atoms with Gasteiger partial charge in [0, 0.05) is 10.9 Å². The van der Waals surface area contributed by atoms with E-state index in [2.05, 4.69) is 20.7 Å². The summed E-state index contributed by atoms with van der Waals surface area (Å²) in [6, 6.07) is 4.57. The van der Waals surface area contributed by atoms with Crippen LogP contribution in [-0.2, 0) is 5.33 Å². The zero-order valence-corrected chi connectivity index (χ0v) is 8.95. The first kappa shape index (κ1) is 11.4. The molecule has 0 atom stereocenters. The zero-order chi connectivity index (χ0) is 10.8. The van der Waals surface area contributed by atoms with Crippen molar-refractivity contribution in [3.05, 3.63) is 29.3 Å². The van der Waals surface area contributed by atoms with Crippen molar-refractivity contribution >= 4 is 15.9 Å². The van der Waals surface area contributed by atoms with Crippen molar-refractivity contribution in [2.24, 2.45) is 0 Å². The Balaban J connectivity index is 3.02. The lowest BCUT2D eigenvalue weighted by Crippen LogP contribution is -2.18. The third kappa shape index (κ3) is 2.90. The summed E-state index contributed by atoms with van der Waals surface area (Å²) in [5.41, 5.74) is 1.29. The lowest BCUT2D eigenvalue weighted by atomic mass is 10.1. The molecule has 0 N–H and O–H groups in total. The van der Waals surface area contributed by atoms with Crippen molar-refractivity contribution in [1.82, 2.24) is 0 Å². The third-order valence-electron chi connectivity index (χ3n) is 1.73. The molecule has 1 aromatic carbocycles. The van der Waals surface area contributed by atoms with E-state index in [1.54, 1.807) is 13.0 Å². The van der Waals surface area contributed by atoms with E-state index in [0.29, 0.717) is 10.9 Å². The number of ether oxygens (including phenoxy) is 1. The molecule has 14 heavy (non-hydrogen) atoms. The minimum absolute atomic E-state index is 0.144. The van der Waals surface area contributed by atoms with E-state index in [9.17, 15) is 13.2 Å². The highest BCUT2D eigenvalue weighted by Crippen LogP contribution is 2.29. The van der Waals surface area contributed by atoms with Gasteiger partial charge in [-0.1, -0.05) is 28.1 Å². The average molecular weight is 269 g/mol. The van der Waals surface area contributed by atoms with Gasteiger partial charge in [-0.15, -0.1) is 13.2 Å². The topological polar surface area (TPSA) is 9.23 Å². The molecule has 1 aromatic rings. The molecule has 0 unspecified atom stereocenters. The van der Waals surface area contributed by atoms with Crippen molar-refractivity contribution in [3.8, 4) is 5.75 Å². The molecule has 0 aliphatic carbocycles. The second-order valence-corrected chi connectivity index (χ2v) is 3.29. The molecule has 0 aliphatic heterocycles. The molecule has 1 rings (SSSR count). The van der Waals surface area contributed by atoms with Gasteiger partial charge in [-0.2, -0.15) is 0 Å². The highest BCUT2D eigenvalue weighted by molar-refractivity contribution is 9.08. The van der Waals surface area contributed by atoms with Crippen molar-refractivity contribution < 1.29 is 17.9 Å². The van der Waals surface area contributed by atoms with Gasteiger partial charge in [0.2, 0.25) is 0 Å². The Morgan fingerprint density at radius 3 is 2.50 bits per heavy atom. The maximum atomic E-state index is 12.0. The smallest absolute Gasteiger partial charge is 0.405 e. The van der Waals surface area contributed by atoms with Crippen LogP contribution < -0.4 is 4.74 Å². The SMILES string of the molecule is Cc1cccc(OC(F)(F)F)c1CBr. The summed E-state index contributed by atoms with van der Waals surface area (Å²) in [7, 11) is 0. The molecular formula is C9H8BrF3O. The van der Waals surface area contributed by atoms with Crippen LogP contribution >= 0.6 is 15.9 Å². The van der Waals surface area contributed by atoms with Gasteiger partial charge in [0.15, 0.2) is 0 Å². The van der Waals surface area contributed by atoms with Crippen LogP contribution in [0.2, 0.25) is 0 Å². The number of hydrogen-bond acceptors (Lipinski definition) is 1. The number of halogens is 4. The Kier molecular flexibility index (Phi) is 3.42. The highest BCUT2D eigenvalue weighted by Gasteiger charge is 2.32. The first-order valence-electron chi connectivity index (χ1n) is 3.84. The maximum Gasteiger partial charge on any atom is 0.573 e. The molecule has 0 saturated heterocycles. The fourth-order valence-electron chi connectivity index (χ4n) is 1.07. The van der Waals surface area contributed by atoms with E-state index in [1.165, 1.54) is 12.1 Å². The van der Waals surface area contributed by atoms with Crippen molar-refractivity contribution in [2.75, 3.05) is 0 Å². The summed E-state index contributed by atoms with van der Waals surface area (Å²) in [6.45, 7) is 1.74. The van der Waals surface area contributed by atoms with Gasteiger partial charge in [0.25, 0.3) is 0 Å². The molecule has 0 amide bonds. The van der Waals surface area contributed by atoms with Crippen LogP contribution in [-0.4, -0.2) is 6.36 Å². The lowest BCUT2D eigenvalue weighted by molar-refractivity contribution is -0.274. The monoisotopic (exact) mass is 268 g/mol. The Morgan fingerprint density at radius 2 is 2.00 bits per heavy atom. The Hall–Kier alpha value is -0.710. The normalized spacial score (nSPS) is 11.5. The predicted molar refractivity (Wildman–Crippen MR) is 50.5 cm³/mol. The maximum absolute atomic E-state index is 12.0. The van der Waals surface area contributed by atoms with Crippen LogP contribution in [0.15, 0.2) is 18.2 Å². The zero-order valence-electron chi connectivity index (χ0n) is 7.36. The van der Waals surface area contributed by atoms with Gasteiger partial charge in [0.05, 0.1) is 0 Å². The molecule has 0 bridgehead atoms. The van der Waals surface area contributed by atoms with Gasteiger partial charge in [-0.3, -0.25) is 0 Å². The Labute approximate surface area is 88.0 Å². The van der Waals surface area contributed by atoms with E-state index < -0.39 is 6.36 Å². The molecule has 0 fully saturated rings. The molecule has 0 aliphatic rings. The minimum Gasteiger partial charge on any atom is -0.405 e. The predicted octanol–water partition coefficient (Wildman–Crippen LogP) is 3.79. The van der Waals surface area contributed by atoms with E-state index in [0.717, 1.165) is 5.56 Å². The van der Waals surface area contributed by atoms with Crippen LogP contribution in [0, 0.1) is 6.92 Å². The van der Waals surface area contributed by atoms with Gasteiger partial charge in [-0.25, -0.2) is 0 Å². The van der Waals surface area contributed by atoms with Gasteiger partial charge >= 0.3 is 6.36 Å². The summed E-state index contributed by atoms with van der Waals surface area (Å²) in [4.78, 5) is 0. The summed E-state index contributed by atoms with van der Waals surface area (Å²) in [5.74, 6) is -0.144. The number of rotatable bonds is 2. The average Bonchev–Trinajstić information content (AvgIpc) is 2.01. The summed E-state index contributed by atoms with van der Waals surface area (Å²) in [5, 5.41) is 0.338. The fourth-order valence-corrected chi connectivity index (χ4v) is 1.79. The summed E-state index contributed by atoms with van der Waals surface area (Å²) < 4.78 is 39.7. The quantitative estimate of drug-likeness (QED) is 0.742. The van der Waals surface area contributed by atoms with Crippen LogP contribution in [0.1, 0.15) is 11.1 Å². The molecule has 0 saturated carbocycles. The van der Waals surface area contributed by atoms with E-state index >= 15 is 0 Å². The fraction of sp³-hybridized carbons (Fsp3) is 0.333. The Morgan fingerprint density at radius 1 is 1.36 bits per heavy atom. The van der Waals surface area contributed by atoms with Crippen LogP contribution in [0.25, 0.3) is 0 Å². The summed E-state index contributed by atoms with van der Waals surface area (Å²) in [6.07, 6.45) is -4.63.